The highest BCUT2D eigenvalue weighted by atomic mass is 16.5. The van der Waals surface area contributed by atoms with Crippen LogP contribution >= 0.6 is 0 Å². The van der Waals surface area contributed by atoms with Gasteiger partial charge in [-0.15, -0.1) is 0 Å². The molecule has 0 bridgehead atoms. The van der Waals surface area contributed by atoms with Gasteiger partial charge < -0.3 is 14.9 Å². The number of hydrogen-bond donors (Lipinski definition) is 2. The van der Waals surface area contributed by atoms with Gasteiger partial charge in [0.15, 0.2) is 0 Å². The fourth-order valence-corrected chi connectivity index (χ4v) is 4.15. The Morgan fingerprint density at radius 3 is 2.24 bits per heavy atom. The summed E-state index contributed by atoms with van der Waals surface area (Å²) in [6.07, 6.45) is 0. The Kier molecular flexibility index (Phi) is 5.92. The lowest BCUT2D eigenvalue weighted by Gasteiger charge is -2.25. The van der Waals surface area contributed by atoms with Crippen LogP contribution in [0.25, 0.3) is 5.76 Å². The zero-order chi connectivity index (χ0) is 23.7. The van der Waals surface area contributed by atoms with Crippen LogP contribution in [0.1, 0.15) is 42.5 Å². The van der Waals surface area contributed by atoms with E-state index in [1.54, 1.807) is 61.7 Å². The first-order chi connectivity index (χ1) is 15.8. The maximum absolute atomic E-state index is 13.2. The summed E-state index contributed by atoms with van der Waals surface area (Å²) in [5, 5.41) is 21.1. The van der Waals surface area contributed by atoms with Crippen molar-refractivity contribution < 1.29 is 24.5 Å². The third-order valence-electron chi connectivity index (χ3n) is 5.81. The molecular formula is C27H25NO5. The molecule has 0 aliphatic carbocycles. The Morgan fingerprint density at radius 2 is 1.64 bits per heavy atom. The van der Waals surface area contributed by atoms with Gasteiger partial charge in [0.2, 0.25) is 0 Å². The van der Waals surface area contributed by atoms with Crippen LogP contribution < -0.4 is 9.64 Å². The smallest absolute Gasteiger partial charge is 0.300 e. The number of ketones is 1. The van der Waals surface area contributed by atoms with Crippen molar-refractivity contribution in [3.8, 4) is 11.5 Å². The summed E-state index contributed by atoms with van der Waals surface area (Å²) in [6.45, 7) is 4.01. The van der Waals surface area contributed by atoms with E-state index in [9.17, 15) is 19.8 Å². The molecule has 1 amide bonds. The highest BCUT2D eigenvalue weighted by molar-refractivity contribution is 6.51. The van der Waals surface area contributed by atoms with E-state index in [-0.39, 0.29) is 23.0 Å². The molecule has 6 nitrogen and oxygen atoms in total. The Morgan fingerprint density at radius 1 is 0.970 bits per heavy atom. The first-order valence-corrected chi connectivity index (χ1v) is 10.7. The first kappa shape index (κ1) is 22.1. The van der Waals surface area contributed by atoms with Crippen LogP contribution in [-0.4, -0.2) is 29.0 Å². The van der Waals surface area contributed by atoms with Crippen molar-refractivity contribution in [2.24, 2.45) is 0 Å². The lowest BCUT2D eigenvalue weighted by Crippen LogP contribution is -2.29. The number of nitrogens with zero attached hydrogens (tertiary/aromatic N) is 1. The molecule has 3 aromatic rings. The zero-order valence-corrected chi connectivity index (χ0v) is 18.6. The number of anilines is 1. The van der Waals surface area contributed by atoms with Crippen LogP contribution in [0.2, 0.25) is 0 Å². The fourth-order valence-electron chi connectivity index (χ4n) is 4.15. The second-order valence-corrected chi connectivity index (χ2v) is 8.21. The molecule has 168 valence electrons. The van der Waals surface area contributed by atoms with Gasteiger partial charge in [-0.1, -0.05) is 44.2 Å². The maximum atomic E-state index is 13.2. The average Bonchev–Trinajstić information content (AvgIpc) is 3.09. The van der Waals surface area contributed by atoms with Crippen molar-refractivity contribution >= 4 is 23.1 Å². The van der Waals surface area contributed by atoms with Crippen molar-refractivity contribution in [1.82, 2.24) is 0 Å². The number of methoxy groups -OCH3 is 1. The quantitative estimate of drug-likeness (QED) is 0.324. The standard InChI is InChI=1S/C27H25NO5/c1-16(2)21-15-18(11-14-22(21)33-3)25(30)23-24(17-9-12-20(29)13-10-17)28(27(32)26(23)31)19-7-5-4-6-8-19/h4-16,24,29-30H,1-3H3/b25-23-. The summed E-state index contributed by atoms with van der Waals surface area (Å²) in [4.78, 5) is 27.7. The second kappa shape index (κ2) is 8.82. The van der Waals surface area contributed by atoms with Crippen molar-refractivity contribution in [3.63, 3.8) is 0 Å². The number of para-hydroxylation sites is 1. The van der Waals surface area contributed by atoms with E-state index in [0.29, 0.717) is 22.6 Å². The molecule has 1 aliphatic heterocycles. The number of rotatable bonds is 5. The lowest BCUT2D eigenvalue weighted by molar-refractivity contribution is -0.132. The molecule has 2 N–H and O–H groups in total. The third kappa shape index (κ3) is 3.96. The summed E-state index contributed by atoms with van der Waals surface area (Å²) in [5.41, 5.74) is 2.42. The number of aliphatic hydroxyl groups is 1. The predicted molar refractivity (Wildman–Crippen MR) is 126 cm³/mol. The van der Waals surface area contributed by atoms with Gasteiger partial charge >= 0.3 is 0 Å². The molecule has 4 rings (SSSR count). The minimum absolute atomic E-state index is 0.00517. The fraction of sp³-hybridized carbons (Fsp3) is 0.185. The molecule has 1 heterocycles. The van der Waals surface area contributed by atoms with Crippen molar-refractivity contribution in [2.45, 2.75) is 25.8 Å². The molecule has 0 spiro atoms. The normalized spacial score (nSPS) is 17.6. The van der Waals surface area contributed by atoms with Crippen molar-refractivity contribution in [3.05, 3.63) is 95.1 Å². The number of Topliss-reactive ketones (excluding diaryl/α,β-unsaturated/α-hetero) is 1. The molecule has 3 aromatic carbocycles. The van der Waals surface area contributed by atoms with E-state index in [1.165, 1.54) is 17.0 Å². The molecule has 1 fully saturated rings. The van der Waals surface area contributed by atoms with Gasteiger partial charge in [-0.05, 0) is 59.5 Å². The van der Waals surface area contributed by atoms with Gasteiger partial charge in [0.25, 0.3) is 11.7 Å². The SMILES string of the molecule is COc1ccc(/C(O)=C2/C(=O)C(=O)N(c3ccccc3)C2c2ccc(O)cc2)cc1C(C)C. The van der Waals surface area contributed by atoms with E-state index in [1.807, 2.05) is 19.9 Å². The van der Waals surface area contributed by atoms with E-state index in [0.717, 1.165) is 5.56 Å². The number of ether oxygens (including phenoxy) is 1. The average molecular weight is 443 g/mol. The number of hydrogen-bond acceptors (Lipinski definition) is 5. The Hall–Kier alpha value is -4.06. The number of phenols is 1. The highest BCUT2D eigenvalue weighted by Gasteiger charge is 2.47. The molecule has 6 heteroatoms. The molecule has 1 aliphatic rings. The van der Waals surface area contributed by atoms with Gasteiger partial charge in [0, 0.05) is 11.3 Å². The molecule has 1 unspecified atom stereocenters. The summed E-state index contributed by atoms with van der Waals surface area (Å²) < 4.78 is 5.43. The molecule has 0 radical (unpaired) electrons. The predicted octanol–water partition coefficient (Wildman–Crippen LogP) is 5.15. The number of aromatic hydroxyl groups is 1. The first-order valence-electron chi connectivity index (χ1n) is 10.7. The van der Waals surface area contributed by atoms with Crippen LogP contribution in [0.3, 0.4) is 0 Å². The number of phenolic OH excluding ortho intramolecular Hbond substituents is 1. The third-order valence-corrected chi connectivity index (χ3v) is 5.81. The Bertz CT molecular complexity index is 1230. The minimum Gasteiger partial charge on any atom is -0.508 e. The van der Waals surface area contributed by atoms with Crippen LogP contribution in [-0.2, 0) is 9.59 Å². The minimum atomic E-state index is -0.849. The summed E-state index contributed by atoms with van der Waals surface area (Å²) in [6, 6.07) is 19.5. The van der Waals surface area contributed by atoms with Crippen LogP contribution in [0, 0.1) is 0 Å². The topological polar surface area (TPSA) is 87.1 Å². The number of carbonyl (C=O) groups excluding carboxylic acids is 2. The second-order valence-electron chi connectivity index (χ2n) is 8.21. The maximum Gasteiger partial charge on any atom is 0.300 e. The number of benzene rings is 3. The molecule has 1 saturated heterocycles. The summed E-state index contributed by atoms with van der Waals surface area (Å²) in [7, 11) is 1.58. The monoisotopic (exact) mass is 443 g/mol. The molecule has 33 heavy (non-hydrogen) atoms. The van der Waals surface area contributed by atoms with Crippen LogP contribution in [0.4, 0.5) is 5.69 Å². The summed E-state index contributed by atoms with van der Waals surface area (Å²) >= 11 is 0. The number of aliphatic hydroxyl groups excluding tert-OH is 1. The Labute approximate surface area is 192 Å². The largest absolute Gasteiger partial charge is 0.508 e. The van der Waals surface area contributed by atoms with Gasteiger partial charge in [-0.25, -0.2) is 0 Å². The molecule has 1 atom stereocenters. The van der Waals surface area contributed by atoms with Crippen molar-refractivity contribution in [1.29, 1.82) is 0 Å². The van der Waals surface area contributed by atoms with E-state index in [4.69, 9.17) is 4.74 Å². The number of amides is 1. The van der Waals surface area contributed by atoms with Crippen LogP contribution in [0.15, 0.2) is 78.4 Å². The van der Waals surface area contributed by atoms with Gasteiger partial charge in [-0.2, -0.15) is 0 Å². The van der Waals surface area contributed by atoms with Crippen molar-refractivity contribution in [2.75, 3.05) is 12.0 Å². The molecule has 0 aromatic heterocycles. The molecular weight excluding hydrogens is 418 g/mol. The highest BCUT2D eigenvalue weighted by Crippen LogP contribution is 2.43. The van der Waals surface area contributed by atoms with Crippen LogP contribution in [0.5, 0.6) is 11.5 Å². The zero-order valence-electron chi connectivity index (χ0n) is 18.6. The number of carbonyl (C=O) groups is 2. The molecule has 0 saturated carbocycles. The van der Waals surface area contributed by atoms with Gasteiger partial charge in [0.05, 0.1) is 18.7 Å². The van der Waals surface area contributed by atoms with Gasteiger partial charge in [0.1, 0.15) is 17.3 Å². The lowest BCUT2D eigenvalue weighted by atomic mass is 9.93. The van der Waals surface area contributed by atoms with Gasteiger partial charge in [-0.3, -0.25) is 14.5 Å². The summed E-state index contributed by atoms with van der Waals surface area (Å²) in [5.74, 6) is -0.884. The van der Waals surface area contributed by atoms with E-state index >= 15 is 0 Å². The van der Waals surface area contributed by atoms with E-state index in [2.05, 4.69) is 0 Å². The Balaban J connectivity index is 1.94. The van der Waals surface area contributed by atoms with E-state index < -0.39 is 17.7 Å².